The number of para-hydroxylation sites is 1. The molecule has 5 heteroatoms. The molecule has 1 aliphatic rings. The molecule has 2 amide bonds. The molecule has 0 unspecified atom stereocenters. The lowest BCUT2D eigenvalue weighted by Gasteiger charge is -2.31. The maximum absolute atomic E-state index is 13.3. The number of hydrogen-bond acceptors (Lipinski definition) is 2. The number of nitrogens with zero attached hydrogens (tertiary/aromatic N) is 1. The first-order valence-corrected chi connectivity index (χ1v) is 9.02. The standard InChI is InChI=1S/C21H23FN2O2/c1-2-15-6-3-4-9-19(15)23-20(25)16-10-12-24(13-11-16)21(26)17-7-5-8-18(22)14-17/h3-9,14,16H,2,10-13H2,1H3,(H,23,25). The Morgan fingerprint density at radius 2 is 1.85 bits per heavy atom. The Morgan fingerprint density at radius 1 is 1.12 bits per heavy atom. The summed E-state index contributed by atoms with van der Waals surface area (Å²) in [5, 5.41) is 3.02. The summed E-state index contributed by atoms with van der Waals surface area (Å²) >= 11 is 0. The Morgan fingerprint density at radius 3 is 2.54 bits per heavy atom. The molecule has 1 N–H and O–H groups in total. The maximum Gasteiger partial charge on any atom is 0.253 e. The topological polar surface area (TPSA) is 49.4 Å². The third-order valence-electron chi connectivity index (χ3n) is 4.88. The van der Waals surface area contributed by atoms with Crippen LogP contribution >= 0.6 is 0 Å². The Labute approximate surface area is 153 Å². The van der Waals surface area contributed by atoms with Crippen molar-refractivity contribution in [1.82, 2.24) is 4.90 Å². The van der Waals surface area contributed by atoms with Gasteiger partial charge in [-0.25, -0.2) is 4.39 Å². The van der Waals surface area contributed by atoms with Gasteiger partial charge in [-0.3, -0.25) is 9.59 Å². The van der Waals surface area contributed by atoms with E-state index in [0.717, 1.165) is 17.7 Å². The van der Waals surface area contributed by atoms with Crippen LogP contribution < -0.4 is 5.32 Å². The molecule has 1 fully saturated rings. The van der Waals surface area contributed by atoms with E-state index < -0.39 is 5.82 Å². The lowest BCUT2D eigenvalue weighted by molar-refractivity contribution is -0.121. The fourth-order valence-electron chi connectivity index (χ4n) is 3.33. The number of piperidine rings is 1. The van der Waals surface area contributed by atoms with Gasteiger partial charge in [0, 0.05) is 30.3 Å². The van der Waals surface area contributed by atoms with Crippen LogP contribution in [-0.2, 0) is 11.2 Å². The number of amides is 2. The van der Waals surface area contributed by atoms with Crippen molar-refractivity contribution >= 4 is 17.5 Å². The average Bonchev–Trinajstić information content (AvgIpc) is 2.68. The lowest BCUT2D eigenvalue weighted by atomic mass is 9.95. The molecule has 4 nitrogen and oxygen atoms in total. The summed E-state index contributed by atoms with van der Waals surface area (Å²) in [6.07, 6.45) is 2.08. The highest BCUT2D eigenvalue weighted by Crippen LogP contribution is 2.23. The number of anilines is 1. The van der Waals surface area contributed by atoms with Gasteiger partial charge in [-0.2, -0.15) is 0 Å². The third-order valence-corrected chi connectivity index (χ3v) is 4.88. The van der Waals surface area contributed by atoms with E-state index in [-0.39, 0.29) is 17.7 Å². The number of carbonyl (C=O) groups excluding carboxylic acids is 2. The van der Waals surface area contributed by atoms with Gasteiger partial charge >= 0.3 is 0 Å². The van der Waals surface area contributed by atoms with Crippen LogP contribution in [0.3, 0.4) is 0 Å². The number of carbonyl (C=O) groups is 2. The highest BCUT2D eigenvalue weighted by Gasteiger charge is 2.28. The number of likely N-dealkylation sites (tertiary alicyclic amines) is 1. The zero-order chi connectivity index (χ0) is 18.5. The highest BCUT2D eigenvalue weighted by atomic mass is 19.1. The van der Waals surface area contributed by atoms with Gasteiger partial charge in [0.25, 0.3) is 5.91 Å². The van der Waals surface area contributed by atoms with Crippen LogP contribution in [0.15, 0.2) is 48.5 Å². The van der Waals surface area contributed by atoms with E-state index >= 15 is 0 Å². The smallest absolute Gasteiger partial charge is 0.253 e. The molecule has 0 aliphatic carbocycles. The van der Waals surface area contributed by atoms with Gasteiger partial charge in [-0.1, -0.05) is 31.2 Å². The maximum atomic E-state index is 13.3. The van der Waals surface area contributed by atoms with Crippen LogP contribution in [0.25, 0.3) is 0 Å². The minimum Gasteiger partial charge on any atom is -0.339 e. The van der Waals surface area contributed by atoms with Crippen molar-refractivity contribution < 1.29 is 14.0 Å². The number of benzene rings is 2. The summed E-state index contributed by atoms with van der Waals surface area (Å²) in [7, 11) is 0. The molecule has 0 spiro atoms. The number of halogens is 1. The molecule has 1 heterocycles. The Hall–Kier alpha value is -2.69. The van der Waals surface area contributed by atoms with E-state index in [4.69, 9.17) is 0 Å². The fourth-order valence-corrected chi connectivity index (χ4v) is 3.33. The van der Waals surface area contributed by atoms with Crippen molar-refractivity contribution in [2.24, 2.45) is 5.92 Å². The number of aryl methyl sites for hydroxylation is 1. The summed E-state index contributed by atoms with van der Waals surface area (Å²) in [6.45, 7) is 3.06. The zero-order valence-electron chi connectivity index (χ0n) is 14.9. The minimum absolute atomic E-state index is 0.00348. The molecule has 0 bridgehead atoms. The first kappa shape index (κ1) is 18.1. The van der Waals surface area contributed by atoms with Crippen LogP contribution in [0.4, 0.5) is 10.1 Å². The van der Waals surface area contributed by atoms with Gasteiger partial charge in [0.2, 0.25) is 5.91 Å². The number of rotatable bonds is 4. The van der Waals surface area contributed by atoms with Crippen molar-refractivity contribution in [3.63, 3.8) is 0 Å². The fraction of sp³-hybridized carbons (Fsp3) is 0.333. The summed E-state index contributed by atoms with van der Waals surface area (Å²) in [5.74, 6) is -0.709. The van der Waals surface area contributed by atoms with Crippen molar-refractivity contribution in [3.05, 3.63) is 65.5 Å². The Kier molecular flexibility index (Phi) is 5.66. The largest absolute Gasteiger partial charge is 0.339 e. The predicted octanol–water partition coefficient (Wildman–Crippen LogP) is 3.88. The van der Waals surface area contributed by atoms with E-state index in [1.807, 2.05) is 24.3 Å². The average molecular weight is 354 g/mol. The van der Waals surface area contributed by atoms with E-state index in [2.05, 4.69) is 12.2 Å². The zero-order valence-corrected chi connectivity index (χ0v) is 14.9. The molecule has 1 saturated heterocycles. The molecule has 0 aromatic heterocycles. The first-order chi connectivity index (χ1) is 12.6. The summed E-state index contributed by atoms with van der Waals surface area (Å²) < 4.78 is 13.3. The van der Waals surface area contributed by atoms with Crippen molar-refractivity contribution in [3.8, 4) is 0 Å². The van der Waals surface area contributed by atoms with E-state index in [1.54, 1.807) is 11.0 Å². The molecule has 0 radical (unpaired) electrons. The second-order valence-electron chi connectivity index (χ2n) is 6.58. The SMILES string of the molecule is CCc1ccccc1NC(=O)C1CCN(C(=O)c2cccc(F)c2)CC1. The van der Waals surface area contributed by atoms with Crippen LogP contribution in [0, 0.1) is 11.7 Å². The number of hydrogen-bond donors (Lipinski definition) is 1. The molecule has 136 valence electrons. The predicted molar refractivity (Wildman–Crippen MR) is 99.5 cm³/mol. The summed E-state index contributed by atoms with van der Waals surface area (Å²) in [5.41, 5.74) is 2.32. The summed E-state index contributed by atoms with van der Waals surface area (Å²) in [4.78, 5) is 26.7. The Balaban J connectivity index is 1.58. The quantitative estimate of drug-likeness (QED) is 0.906. The van der Waals surface area contributed by atoms with Gasteiger partial charge in [0.05, 0.1) is 0 Å². The van der Waals surface area contributed by atoms with E-state index in [0.29, 0.717) is 31.5 Å². The lowest BCUT2D eigenvalue weighted by Crippen LogP contribution is -2.41. The highest BCUT2D eigenvalue weighted by molar-refractivity contribution is 5.95. The van der Waals surface area contributed by atoms with Crippen LogP contribution in [0.1, 0.15) is 35.7 Å². The van der Waals surface area contributed by atoms with Crippen molar-refractivity contribution in [2.45, 2.75) is 26.2 Å². The van der Waals surface area contributed by atoms with Gasteiger partial charge in [0.1, 0.15) is 5.82 Å². The van der Waals surface area contributed by atoms with E-state index in [9.17, 15) is 14.0 Å². The second-order valence-corrected chi connectivity index (χ2v) is 6.58. The molecule has 2 aromatic carbocycles. The van der Waals surface area contributed by atoms with Crippen LogP contribution in [0.2, 0.25) is 0 Å². The van der Waals surface area contributed by atoms with Crippen LogP contribution in [-0.4, -0.2) is 29.8 Å². The Bertz CT molecular complexity index is 798. The second kappa shape index (κ2) is 8.13. The monoisotopic (exact) mass is 354 g/mol. The molecule has 0 atom stereocenters. The molecule has 3 rings (SSSR count). The molecule has 0 saturated carbocycles. The van der Waals surface area contributed by atoms with Crippen LogP contribution in [0.5, 0.6) is 0 Å². The van der Waals surface area contributed by atoms with Gasteiger partial charge in [0.15, 0.2) is 0 Å². The minimum atomic E-state index is -0.417. The van der Waals surface area contributed by atoms with Gasteiger partial charge < -0.3 is 10.2 Å². The molecule has 26 heavy (non-hydrogen) atoms. The van der Waals surface area contributed by atoms with Gasteiger partial charge in [-0.15, -0.1) is 0 Å². The van der Waals surface area contributed by atoms with E-state index in [1.165, 1.54) is 18.2 Å². The van der Waals surface area contributed by atoms with Crippen molar-refractivity contribution in [1.29, 1.82) is 0 Å². The molecule has 1 aliphatic heterocycles. The summed E-state index contributed by atoms with van der Waals surface area (Å²) in [6, 6.07) is 13.5. The third kappa shape index (κ3) is 4.10. The normalized spacial score (nSPS) is 14.9. The van der Waals surface area contributed by atoms with Crippen molar-refractivity contribution in [2.75, 3.05) is 18.4 Å². The molecular formula is C21H23FN2O2. The number of nitrogens with one attached hydrogen (secondary N) is 1. The van der Waals surface area contributed by atoms with Gasteiger partial charge in [-0.05, 0) is 49.1 Å². The molecular weight excluding hydrogens is 331 g/mol. The first-order valence-electron chi connectivity index (χ1n) is 9.02. The molecule has 2 aromatic rings.